The topological polar surface area (TPSA) is 24.9 Å². The summed E-state index contributed by atoms with van der Waals surface area (Å²) in [5.74, 6) is 0. The third kappa shape index (κ3) is 1.48. The summed E-state index contributed by atoms with van der Waals surface area (Å²) in [4.78, 5) is 3.94. The summed E-state index contributed by atoms with van der Waals surface area (Å²) in [6.07, 6.45) is -4.30. The number of nitrogens with one attached hydrogen (secondary N) is 1. The second kappa shape index (κ2) is 2.95. The average molecular weight is 202 g/mol. The molecular weight excluding hydrogens is 193 g/mol. The molecule has 1 aromatic heterocycles. The lowest BCUT2D eigenvalue weighted by Crippen LogP contribution is -2.10. The molecule has 0 radical (unpaired) electrons. The van der Waals surface area contributed by atoms with Gasteiger partial charge in [-0.3, -0.25) is 4.98 Å². The molecule has 0 saturated carbocycles. The van der Waals surface area contributed by atoms with Crippen LogP contribution in [-0.2, 0) is 19.3 Å². The number of fused-ring (bicyclic) bond motifs is 1. The fourth-order valence-corrected chi connectivity index (χ4v) is 1.61. The number of hydrogen-bond acceptors (Lipinski definition) is 2. The predicted octanol–water partition coefficient (Wildman–Crippen LogP) is 2.01. The van der Waals surface area contributed by atoms with Gasteiger partial charge in [-0.25, -0.2) is 0 Å². The van der Waals surface area contributed by atoms with Gasteiger partial charge >= 0.3 is 6.18 Å². The molecule has 0 amide bonds. The van der Waals surface area contributed by atoms with E-state index in [0.717, 1.165) is 5.69 Å². The van der Waals surface area contributed by atoms with E-state index in [1.54, 1.807) is 0 Å². The molecule has 1 N–H and O–H groups in total. The molecule has 0 atom stereocenters. The van der Waals surface area contributed by atoms with E-state index in [4.69, 9.17) is 0 Å². The van der Waals surface area contributed by atoms with E-state index in [1.165, 1.54) is 13.0 Å². The zero-order chi connectivity index (χ0) is 10.3. The van der Waals surface area contributed by atoms with Crippen LogP contribution in [0.15, 0.2) is 6.07 Å². The number of aromatic nitrogens is 1. The van der Waals surface area contributed by atoms with Gasteiger partial charge in [-0.2, -0.15) is 13.2 Å². The van der Waals surface area contributed by atoms with Crippen LogP contribution in [0.25, 0.3) is 0 Å². The van der Waals surface area contributed by atoms with E-state index in [2.05, 4.69) is 10.3 Å². The Labute approximate surface area is 79.2 Å². The molecule has 1 aromatic rings. The number of aryl methyl sites for hydroxylation is 1. The third-order valence-corrected chi connectivity index (χ3v) is 2.29. The smallest absolute Gasteiger partial charge is 0.307 e. The Kier molecular flexibility index (Phi) is 1.99. The predicted molar refractivity (Wildman–Crippen MR) is 44.5 cm³/mol. The molecule has 2 rings (SSSR count). The van der Waals surface area contributed by atoms with E-state index < -0.39 is 11.7 Å². The van der Waals surface area contributed by atoms with Crippen LogP contribution in [-0.4, -0.2) is 4.98 Å². The number of nitrogens with zero attached hydrogens (tertiary/aromatic N) is 1. The van der Waals surface area contributed by atoms with Gasteiger partial charge in [0.2, 0.25) is 0 Å². The highest BCUT2D eigenvalue weighted by molar-refractivity contribution is 5.33. The molecule has 1 aliphatic heterocycles. The van der Waals surface area contributed by atoms with Crippen molar-refractivity contribution in [3.8, 4) is 0 Å². The van der Waals surface area contributed by atoms with Gasteiger partial charge in [0, 0.05) is 18.8 Å². The van der Waals surface area contributed by atoms with Crippen LogP contribution in [0.4, 0.5) is 13.2 Å². The molecule has 14 heavy (non-hydrogen) atoms. The second-order valence-corrected chi connectivity index (χ2v) is 3.33. The number of alkyl halides is 3. The minimum atomic E-state index is -4.30. The fraction of sp³-hybridized carbons (Fsp3) is 0.444. The van der Waals surface area contributed by atoms with Crippen molar-refractivity contribution in [3.63, 3.8) is 0 Å². The van der Waals surface area contributed by atoms with Gasteiger partial charge in [-0.1, -0.05) is 0 Å². The van der Waals surface area contributed by atoms with Crippen molar-refractivity contribution < 1.29 is 13.2 Å². The molecule has 0 saturated heterocycles. The normalized spacial score (nSPS) is 15.7. The highest BCUT2D eigenvalue weighted by Gasteiger charge is 2.34. The quantitative estimate of drug-likeness (QED) is 0.696. The Morgan fingerprint density at radius 1 is 1.36 bits per heavy atom. The van der Waals surface area contributed by atoms with Crippen molar-refractivity contribution in [1.82, 2.24) is 10.3 Å². The van der Waals surface area contributed by atoms with Crippen LogP contribution in [0.1, 0.15) is 22.5 Å². The Balaban J connectivity index is 2.53. The molecule has 2 heterocycles. The highest BCUT2D eigenvalue weighted by Crippen LogP contribution is 2.32. The lowest BCUT2D eigenvalue weighted by Gasteiger charge is -2.10. The minimum Gasteiger partial charge on any atom is -0.307 e. The Morgan fingerprint density at radius 3 is 2.71 bits per heavy atom. The molecule has 0 bridgehead atoms. The van der Waals surface area contributed by atoms with E-state index in [-0.39, 0.29) is 5.69 Å². The first-order chi connectivity index (χ1) is 6.48. The average Bonchev–Trinajstić information content (AvgIpc) is 2.47. The lowest BCUT2D eigenvalue weighted by atomic mass is 10.1. The molecule has 0 aromatic carbocycles. The standard InChI is InChI=1S/C9H9F3N2/c1-5-7(9(10,11)12)2-6-3-13-4-8(6)14-5/h2,13H,3-4H2,1H3. The molecule has 0 spiro atoms. The maximum atomic E-state index is 12.5. The van der Waals surface area contributed by atoms with Crippen LogP contribution < -0.4 is 5.32 Å². The monoisotopic (exact) mass is 202 g/mol. The third-order valence-electron chi connectivity index (χ3n) is 2.29. The van der Waals surface area contributed by atoms with Gasteiger partial charge in [0.05, 0.1) is 11.3 Å². The van der Waals surface area contributed by atoms with Gasteiger partial charge in [-0.05, 0) is 18.6 Å². The van der Waals surface area contributed by atoms with Gasteiger partial charge in [0.25, 0.3) is 0 Å². The number of rotatable bonds is 0. The maximum absolute atomic E-state index is 12.5. The van der Waals surface area contributed by atoms with Crippen LogP contribution >= 0.6 is 0 Å². The van der Waals surface area contributed by atoms with Gasteiger partial charge in [-0.15, -0.1) is 0 Å². The Morgan fingerprint density at radius 2 is 2.07 bits per heavy atom. The lowest BCUT2D eigenvalue weighted by molar-refractivity contribution is -0.138. The minimum absolute atomic E-state index is 0.0555. The molecule has 76 valence electrons. The molecule has 1 aliphatic rings. The van der Waals surface area contributed by atoms with Gasteiger partial charge in [0.1, 0.15) is 0 Å². The zero-order valence-electron chi connectivity index (χ0n) is 7.57. The van der Waals surface area contributed by atoms with Crippen LogP contribution in [0.5, 0.6) is 0 Å². The number of hydrogen-bond donors (Lipinski definition) is 1. The van der Waals surface area contributed by atoms with Crippen molar-refractivity contribution in [3.05, 3.63) is 28.6 Å². The molecule has 0 aliphatic carbocycles. The van der Waals surface area contributed by atoms with Crippen molar-refractivity contribution in [2.75, 3.05) is 0 Å². The van der Waals surface area contributed by atoms with Gasteiger partial charge in [0.15, 0.2) is 0 Å². The van der Waals surface area contributed by atoms with E-state index in [9.17, 15) is 13.2 Å². The Bertz CT molecular complexity index is 371. The molecule has 5 heteroatoms. The zero-order valence-corrected chi connectivity index (χ0v) is 7.57. The molecule has 2 nitrogen and oxygen atoms in total. The first-order valence-electron chi connectivity index (χ1n) is 4.26. The summed E-state index contributed by atoms with van der Waals surface area (Å²) >= 11 is 0. The Hall–Kier alpha value is -1.10. The number of pyridine rings is 1. The number of halogens is 3. The first kappa shape index (κ1) is 9.45. The summed E-state index contributed by atoms with van der Waals surface area (Å²) in [5.41, 5.74) is 0.818. The SMILES string of the molecule is Cc1nc2c(cc1C(F)(F)F)CNC2. The van der Waals surface area contributed by atoms with Crippen molar-refractivity contribution >= 4 is 0 Å². The fourth-order valence-electron chi connectivity index (χ4n) is 1.61. The summed E-state index contributed by atoms with van der Waals surface area (Å²) in [7, 11) is 0. The largest absolute Gasteiger partial charge is 0.418 e. The van der Waals surface area contributed by atoms with Crippen LogP contribution in [0, 0.1) is 6.92 Å². The van der Waals surface area contributed by atoms with Crippen molar-refractivity contribution in [1.29, 1.82) is 0 Å². The first-order valence-corrected chi connectivity index (χ1v) is 4.26. The summed E-state index contributed by atoms with van der Waals surface area (Å²) in [6.45, 7) is 2.43. The van der Waals surface area contributed by atoms with Gasteiger partial charge < -0.3 is 5.32 Å². The van der Waals surface area contributed by atoms with E-state index in [1.807, 2.05) is 0 Å². The summed E-state index contributed by atoms with van der Waals surface area (Å²) in [5, 5.41) is 2.96. The van der Waals surface area contributed by atoms with E-state index in [0.29, 0.717) is 18.7 Å². The summed E-state index contributed by atoms with van der Waals surface area (Å²) in [6, 6.07) is 1.19. The van der Waals surface area contributed by atoms with E-state index >= 15 is 0 Å². The second-order valence-electron chi connectivity index (χ2n) is 3.33. The maximum Gasteiger partial charge on any atom is 0.418 e. The highest BCUT2D eigenvalue weighted by atomic mass is 19.4. The van der Waals surface area contributed by atoms with Crippen molar-refractivity contribution in [2.45, 2.75) is 26.2 Å². The summed E-state index contributed by atoms with van der Waals surface area (Å²) < 4.78 is 37.4. The van der Waals surface area contributed by atoms with Crippen LogP contribution in [0.3, 0.4) is 0 Å². The van der Waals surface area contributed by atoms with Crippen LogP contribution in [0.2, 0.25) is 0 Å². The molecular formula is C9H9F3N2. The molecule has 0 fully saturated rings. The molecule has 0 unspecified atom stereocenters. The van der Waals surface area contributed by atoms with Crippen molar-refractivity contribution in [2.24, 2.45) is 0 Å².